The maximum Gasteiger partial charge on any atom is 0.225 e. The van der Waals surface area contributed by atoms with Crippen molar-refractivity contribution in [1.29, 1.82) is 0 Å². The Hall–Kier alpha value is -2.77. The molecule has 0 spiro atoms. The highest BCUT2D eigenvalue weighted by atomic mass is 35.5. The van der Waals surface area contributed by atoms with Crippen LogP contribution in [0.15, 0.2) is 30.7 Å². The van der Waals surface area contributed by atoms with Crippen molar-refractivity contribution in [1.82, 2.24) is 19.9 Å². The minimum absolute atomic E-state index is 0.266. The fourth-order valence-electron chi connectivity index (χ4n) is 4.54. The summed E-state index contributed by atoms with van der Waals surface area (Å²) < 4.78 is 5.48. The molecule has 0 aliphatic carbocycles. The number of nitrogens with zero attached hydrogens (tertiary/aromatic N) is 6. The van der Waals surface area contributed by atoms with Crippen LogP contribution in [0, 0.1) is 13.8 Å². The second kappa shape index (κ2) is 8.64. The maximum absolute atomic E-state index is 6.51. The molecule has 1 unspecified atom stereocenters. The number of fused-ring (bicyclic) bond motifs is 1. The Balaban J connectivity index is 1.38. The lowest BCUT2D eigenvalue weighted by atomic mass is 10.0. The SMILES string of the molecule is COC1CCN(c2ncc3c(n2)CCN(c2cc(-c4ncc(C)cc4C)c(Cl)cn2)C3)C1. The standard InChI is InChI=1S/C24H27ClN6O/c1-15-8-16(2)23(27-10-15)19-9-22(26-12-20(19)25)30-7-5-21-17(13-30)11-28-24(29-21)31-6-4-18(14-31)32-3/h8-12,18H,4-7,13-14H2,1-3H3. The van der Waals surface area contributed by atoms with Gasteiger partial charge in [0.1, 0.15) is 5.82 Å². The molecule has 8 heteroatoms. The molecule has 5 heterocycles. The molecule has 2 aliphatic heterocycles. The van der Waals surface area contributed by atoms with Crippen LogP contribution < -0.4 is 9.80 Å². The van der Waals surface area contributed by atoms with Crippen molar-refractivity contribution in [3.8, 4) is 11.3 Å². The van der Waals surface area contributed by atoms with Crippen LogP contribution in [0.4, 0.5) is 11.8 Å². The highest BCUT2D eigenvalue weighted by Crippen LogP contribution is 2.33. The number of aromatic nitrogens is 4. The number of halogens is 1. The Morgan fingerprint density at radius 2 is 1.91 bits per heavy atom. The predicted molar refractivity (Wildman–Crippen MR) is 126 cm³/mol. The number of aryl methyl sites for hydroxylation is 2. The third-order valence-corrected chi connectivity index (χ3v) is 6.62. The first-order chi connectivity index (χ1) is 15.5. The summed E-state index contributed by atoms with van der Waals surface area (Å²) in [5.74, 6) is 1.70. The van der Waals surface area contributed by atoms with E-state index in [0.29, 0.717) is 5.02 Å². The molecule has 0 saturated carbocycles. The number of hydrogen-bond donors (Lipinski definition) is 0. The van der Waals surface area contributed by atoms with Gasteiger partial charge in [-0.25, -0.2) is 15.0 Å². The molecule has 1 atom stereocenters. The molecule has 166 valence electrons. The smallest absolute Gasteiger partial charge is 0.225 e. The molecule has 0 bridgehead atoms. The molecule has 0 amide bonds. The highest BCUT2D eigenvalue weighted by Gasteiger charge is 2.26. The molecule has 3 aromatic rings. The summed E-state index contributed by atoms with van der Waals surface area (Å²) in [6.07, 6.45) is 7.70. The van der Waals surface area contributed by atoms with Gasteiger partial charge in [-0.2, -0.15) is 0 Å². The molecule has 0 N–H and O–H groups in total. The van der Waals surface area contributed by atoms with Gasteiger partial charge in [0.15, 0.2) is 0 Å². The molecule has 0 radical (unpaired) electrons. The van der Waals surface area contributed by atoms with E-state index in [1.54, 1.807) is 13.3 Å². The Bertz CT molecular complexity index is 1150. The summed E-state index contributed by atoms with van der Waals surface area (Å²) >= 11 is 6.51. The zero-order chi connectivity index (χ0) is 22.2. The van der Waals surface area contributed by atoms with E-state index in [2.05, 4.69) is 37.7 Å². The minimum atomic E-state index is 0.266. The summed E-state index contributed by atoms with van der Waals surface area (Å²) in [6.45, 7) is 7.47. The Morgan fingerprint density at radius 3 is 2.69 bits per heavy atom. The number of hydrogen-bond acceptors (Lipinski definition) is 7. The molecular formula is C24H27ClN6O. The van der Waals surface area contributed by atoms with Gasteiger partial charge in [-0.3, -0.25) is 4.98 Å². The van der Waals surface area contributed by atoms with Crippen LogP contribution >= 0.6 is 11.6 Å². The Kier molecular flexibility index (Phi) is 5.69. The number of rotatable bonds is 4. The van der Waals surface area contributed by atoms with E-state index in [1.165, 1.54) is 0 Å². The van der Waals surface area contributed by atoms with Crippen LogP contribution in [0.25, 0.3) is 11.3 Å². The normalized spacial score (nSPS) is 18.2. The lowest BCUT2D eigenvalue weighted by Gasteiger charge is -2.30. The van der Waals surface area contributed by atoms with Crippen LogP contribution in [0.1, 0.15) is 28.8 Å². The van der Waals surface area contributed by atoms with E-state index in [9.17, 15) is 0 Å². The molecule has 1 fully saturated rings. The minimum Gasteiger partial charge on any atom is -0.380 e. The zero-order valence-corrected chi connectivity index (χ0v) is 19.4. The number of pyridine rings is 2. The van der Waals surface area contributed by atoms with Gasteiger partial charge >= 0.3 is 0 Å². The lowest BCUT2D eigenvalue weighted by Crippen LogP contribution is -2.33. The second-order valence-corrected chi connectivity index (χ2v) is 9.01. The summed E-state index contributed by atoms with van der Waals surface area (Å²) in [5.41, 5.74) is 6.31. The first-order valence-corrected chi connectivity index (χ1v) is 11.4. The third-order valence-electron chi connectivity index (χ3n) is 6.32. The molecule has 0 aromatic carbocycles. The third kappa shape index (κ3) is 4.02. The van der Waals surface area contributed by atoms with E-state index in [4.69, 9.17) is 21.3 Å². The van der Waals surface area contributed by atoms with Crippen molar-refractivity contribution in [2.45, 2.75) is 39.3 Å². The molecule has 1 saturated heterocycles. The highest BCUT2D eigenvalue weighted by molar-refractivity contribution is 6.33. The van der Waals surface area contributed by atoms with Gasteiger partial charge in [-0.15, -0.1) is 0 Å². The number of ether oxygens (including phenoxy) is 1. The summed E-state index contributed by atoms with van der Waals surface area (Å²) in [6, 6.07) is 4.17. The van der Waals surface area contributed by atoms with Crippen LogP contribution in [-0.2, 0) is 17.7 Å². The van der Waals surface area contributed by atoms with E-state index >= 15 is 0 Å². The van der Waals surface area contributed by atoms with Crippen molar-refractivity contribution in [3.63, 3.8) is 0 Å². The molecule has 5 rings (SSSR count). The monoisotopic (exact) mass is 450 g/mol. The first kappa shape index (κ1) is 21.1. The average Bonchev–Trinajstić information content (AvgIpc) is 3.29. The van der Waals surface area contributed by atoms with E-state index in [1.807, 2.05) is 25.4 Å². The molecule has 2 aliphatic rings. The lowest BCUT2D eigenvalue weighted by molar-refractivity contribution is 0.121. The van der Waals surface area contributed by atoms with Crippen molar-refractivity contribution in [2.75, 3.05) is 36.5 Å². The van der Waals surface area contributed by atoms with Crippen molar-refractivity contribution in [3.05, 3.63) is 58.1 Å². The summed E-state index contributed by atoms with van der Waals surface area (Å²) in [4.78, 5) is 23.2. The number of methoxy groups -OCH3 is 1. The maximum atomic E-state index is 6.51. The van der Waals surface area contributed by atoms with E-state index in [-0.39, 0.29) is 6.10 Å². The molecule has 32 heavy (non-hydrogen) atoms. The van der Waals surface area contributed by atoms with Gasteiger partial charge in [0.25, 0.3) is 0 Å². The topological polar surface area (TPSA) is 67.3 Å². The van der Waals surface area contributed by atoms with Crippen LogP contribution in [0.3, 0.4) is 0 Å². The zero-order valence-electron chi connectivity index (χ0n) is 18.7. The molecular weight excluding hydrogens is 424 g/mol. The van der Waals surface area contributed by atoms with Gasteiger partial charge in [-0.1, -0.05) is 17.7 Å². The largest absolute Gasteiger partial charge is 0.380 e. The first-order valence-electron chi connectivity index (χ1n) is 11.0. The quantitative estimate of drug-likeness (QED) is 0.595. The Morgan fingerprint density at radius 1 is 1.03 bits per heavy atom. The summed E-state index contributed by atoms with van der Waals surface area (Å²) in [5, 5.41) is 0.610. The van der Waals surface area contributed by atoms with E-state index < -0.39 is 0 Å². The van der Waals surface area contributed by atoms with Gasteiger partial charge in [-0.05, 0) is 37.5 Å². The second-order valence-electron chi connectivity index (χ2n) is 8.61. The fourth-order valence-corrected chi connectivity index (χ4v) is 4.73. The van der Waals surface area contributed by atoms with Crippen molar-refractivity contribution in [2.24, 2.45) is 0 Å². The van der Waals surface area contributed by atoms with Gasteiger partial charge < -0.3 is 14.5 Å². The van der Waals surface area contributed by atoms with Gasteiger partial charge in [0.2, 0.25) is 5.95 Å². The molecule has 7 nitrogen and oxygen atoms in total. The van der Waals surface area contributed by atoms with Crippen LogP contribution in [-0.4, -0.2) is 52.8 Å². The average molecular weight is 451 g/mol. The van der Waals surface area contributed by atoms with Crippen molar-refractivity contribution >= 4 is 23.4 Å². The van der Waals surface area contributed by atoms with Gasteiger partial charge in [0, 0.05) is 69.4 Å². The molecule has 3 aromatic heterocycles. The summed E-state index contributed by atoms with van der Waals surface area (Å²) in [7, 11) is 1.77. The fraction of sp³-hybridized carbons (Fsp3) is 0.417. The van der Waals surface area contributed by atoms with E-state index in [0.717, 1.165) is 84.4 Å². The van der Waals surface area contributed by atoms with Crippen LogP contribution in [0.2, 0.25) is 5.02 Å². The van der Waals surface area contributed by atoms with Crippen molar-refractivity contribution < 1.29 is 4.74 Å². The van der Waals surface area contributed by atoms with Crippen LogP contribution in [0.5, 0.6) is 0 Å². The Labute approximate surface area is 193 Å². The van der Waals surface area contributed by atoms with Gasteiger partial charge in [0.05, 0.1) is 22.5 Å². The predicted octanol–water partition coefficient (Wildman–Crippen LogP) is 3.99. The number of anilines is 2.